The second-order valence-electron chi connectivity index (χ2n) is 6.15. The van der Waals surface area contributed by atoms with E-state index in [9.17, 15) is 14.3 Å². The second-order valence-corrected chi connectivity index (χ2v) is 8.14. The van der Waals surface area contributed by atoms with E-state index in [1.165, 1.54) is 0 Å². The molecule has 0 spiro atoms. The quantitative estimate of drug-likeness (QED) is 0.789. The molecule has 3 nitrogen and oxygen atoms in total. The van der Waals surface area contributed by atoms with Gasteiger partial charge in [-0.3, -0.25) is 9.00 Å². The van der Waals surface area contributed by atoms with Gasteiger partial charge in [0.2, 0.25) is 0 Å². The maximum atomic E-state index is 12.9. The Morgan fingerprint density at radius 1 is 1.29 bits per heavy atom. The zero-order valence-electron chi connectivity index (χ0n) is 12.2. The van der Waals surface area contributed by atoms with E-state index in [4.69, 9.17) is 0 Å². The number of fused-ring (bicyclic) bond motifs is 2. The largest absolute Gasteiger partial charge is 0.294 e. The van der Waals surface area contributed by atoms with Gasteiger partial charge in [0.25, 0.3) is 0 Å². The molecule has 2 aliphatic heterocycles. The number of benzene rings is 1. The monoisotopic (exact) mass is 301 g/mol. The number of Topliss-reactive ketones (excluding diaryl/α,β-unsaturated/α-hetero) is 1. The molecule has 2 bridgehead atoms. The number of rotatable bonds is 2. The van der Waals surface area contributed by atoms with Crippen molar-refractivity contribution in [2.75, 3.05) is 0 Å². The van der Waals surface area contributed by atoms with Crippen molar-refractivity contribution in [1.29, 1.82) is 5.26 Å². The molecule has 21 heavy (non-hydrogen) atoms. The molecule has 0 radical (unpaired) electrons. The fraction of sp³-hybridized carbons (Fsp3) is 0.529. The number of nitriles is 1. The predicted molar refractivity (Wildman–Crippen MR) is 82.5 cm³/mol. The van der Waals surface area contributed by atoms with Crippen LogP contribution in [-0.4, -0.2) is 20.5 Å². The van der Waals surface area contributed by atoms with E-state index in [0.717, 1.165) is 37.7 Å². The third kappa shape index (κ3) is 2.55. The van der Waals surface area contributed by atoms with E-state index in [1.807, 2.05) is 19.1 Å². The van der Waals surface area contributed by atoms with E-state index in [-0.39, 0.29) is 22.2 Å². The van der Waals surface area contributed by atoms with Gasteiger partial charge in [-0.15, -0.1) is 0 Å². The average molecular weight is 301 g/mol. The summed E-state index contributed by atoms with van der Waals surface area (Å²) in [6.07, 6.45) is 4.54. The molecule has 1 aromatic carbocycles. The van der Waals surface area contributed by atoms with Crippen molar-refractivity contribution >= 4 is 16.6 Å². The van der Waals surface area contributed by atoms with E-state index >= 15 is 0 Å². The van der Waals surface area contributed by atoms with Crippen molar-refractivity contribution in [1.82, 2.24) is 0 Å². The van der Waals surface area contributed by atoms with Gasteiger partial charge >= 0.3 is 0 Å². The van der Waals surface area contributed by atoms with Gasteiger partial charge in [0.15, 0.2) is 5.78 Å². The van der Waals surface area contributed by atoms with Crippen LogP contribution >= 0.6 is 0 Å². The van der Waals surface area contributed by atoms with Crippen LogP contribution in [-0.2, 0) is 10.8 Å². The highest BCUT2D eigenvalue weighted by Gasteiger charge is 2.41. The van der Waals surface area contributed by atoms with Gasteiger partial charge in [0.1, 0.15) is 0 Å². The predicted octanol–water partition coefficient (Wildman–Crippen LogP) is 3.13. The standard InChI is InChI=1S/C17H19NO2S/c1-11-4-2-5-12(10-18)16(11)17(19)13-8-14-6-3-7-15(9-13)21(14)20/h2,4-5,13-15H,3,6-9H2,1H3. The molecule has 0 aliphatic carbocycles. The van der Waals surface area contributed by atoms with Crippen LogP contribution in [0.5, 0.6) is 0 Å². The van der Waals surface area contributed by atoms with Gasteiger partial charge in [-0.1, -0.05) is 18.6 Å². The summed E-state index contributed by atoms with van der Waals surface area (Å²) in [6.45, 7) is 1.88. The molecule has 2 fully saturated rings. The van der Waals surface area contributed by atoms with Crippen molar-refractivity contribution in [3.63, 3.8) is 0 Å². The topological polar surface area (TPSA) is 57.9 Å². The third-order valence-electron chi connectivity index (χ3n) is 4.81. The van der Waals surface area contributed by atoms with Crippen LogP contribution in [0.15, 0.2) is 18.2 Å². The maximum absolute atomic E-state index is 12.9. The number of aryl methyl sites for hydroxylation is 1. The summed E-state index contributed by atoms with van der Waals surface area (Å²) >= 11 is 0. The number of carbonyl (C=O) groups excluding carboxylic acids is 1. The Morgan fingerprint density at radius 3 is 2.57 bits per heavy atom. The van der Waals surface area contributed by atoms with E-state index < -0.39 is 10.8 Å². The normalized spacial score (nSPS) is 31.4. The van der Waals surface area contributed by atoms with Gasteiger partial charge in [-0.2, -0.15) is 5.26 Å². The average Bonchev–Trinajstić information content (AvgIpc) is 2.46. The molecule has 2 saturated heterocycles. The minimum atomic E-state index is -0.759. The summed E-state index contributed by atoms with van der Waals surface area (Å²) < 4.78 is 12.2. The van der Waals surface area contributed by atoms with E-state index in [1.54, 1.807) is 6.07 Å². The molecule has 0 amide bonds. The number of ketones is 1. The molecular weight excluding hydrogens is 282 g/mol. The minimum Gasteiger partial charge on any atom is -0.294 e. The van der Waals surface area contributed by atoms with Crippen LogP contribution in [0.2, 0.25) is 0 Å². The van der Waals surface area contributed by atoms with Crippen molar-refractivity contribution in [3.05, 3.63) is 34.9 Å². The molecule has 2 aliphatic rings. The Bertz CT molecular complexity index is 631. The highest BCUT2D eigenvalue weighted by atomic mass is 32.2. The highest BCUT2D eigenvalue weighted by molar-refractivity contribution is 7.86. The summed E-state index contributed by atoms with van der Waals surface area (Å²) in [7, 11) is -0.759. The molecule has 2 atom stereocenters. The van der Waals surface area contributed by atoms with Crippen LogP contribution in [0.1, 0.15) is 53.6 Å². The summed E-state index contributed by atoms with van der Waals surface area (Å²) in [5.74, 6) is 0.0180. The Morgan fingerprint density at radius 2 is 1.95 bits per heavy atom. The van der Waals surface area contributed by atoms with E-state index in [2.05, 4.69) is 6.07 Å². The number of carbonyl (C=O) groups is 1. The third-order valence-corrected chi connectivity index (χ3v) is 6.98. The van der Waals surface area contributed by atoms with Crippen LogP contribution in [0, 0.1) is 24.2 Å². The summed E-state index contributed by atoms with van der Waals surface area (Å²) in [5.41, 5.74) is 1.92. The molecule has 3 rings (SSSR count). The molecule has 0 saturated carbocycles. The molecule has 2 unspecified atom stereocenters. The summed E-state index contributed by atoms with van der Waals surface area (Å²) in [5, 5.41) is 9.61. The van der Waals surface area contributed by atoms with Crippen LogP contribution in [0.4, 0.5) is 0 Å². The maximum Gasteiger partial charge on any atom is 0.167 e. The molecular formula is C17H19NO2S. The molecule has 110 valence electrons. The fourth-order valence-electron chi connectivity index (χ4n) is 3.74. The minimum absolute atomic E-state index is 0.0637. The first kappa shape index (κ1) is 14.5. The number of hydrogen-bond acceptors (Lipinski definition) is 3. The van der Waals surface area contributed by atoms with Crippen LogP contribution in [0.25, 0.3) is 0 Å². The second kappa shape index (κ2) is 5.73. The van der Waals surface area contributed by atoms with Gasteiger partial charge in [-0.05, 0) is 44.2 Å². The SMILES string of the molecule is Cc1cccc(C#N)c1C(=O)C1CC2CCCC(C1)S2=O. The van der Waals surface area contributed by atoms with Crippen LogP contribution in [0.3, 0.4) is 0 Å². The Labute approximate surface area is 127 Å². The zero-order valence-corrected chi connectivity index (χ0v) is 13.0. The lowest BCUT2D eigenvalue weighted by Crippen LogP contribution is -2.41. The summed E-state index contributed by atoms with van der Waals surface area (Å²) in [4.78, 5) is 12.9. The first-order chi connectivity index (χ1) is 10.1. The number of hydrogen-bond donors (Lipinski definition) is 0. The van der Waals surface area contributed by atoms with Crippen LogP contribution < -0.4 is 0 Å². The molecule has 1 aromatic rings. The smallest absolute Gasteiger partial charge is 0.167 e. The Kier molecular flexibility index (Phi) is 3.95. The highest BCUT2D eigenvalue weighted by Crippen LogP contribution is 2.38. The van der Waals surface area contributed by atoms with Gasteiger partial charge in [-0.25, -0.2) is 0 Å². The first-order valence-electron chi connectivity index (χ1n) is 7.55. The van der Waals surface area contributed by atoms with Gasteiger partial charge in [0.05, 0.1) is 11.6 Å². The molecule has 2 heterocycles. The fourth-order valence-corrected chi connectivity index (χ4v) is 5.93. The Balaban J connectivity index is 1.90. The molecule has 0 aromatic heterocycles. The van der Waals surface area contributed by atoms with Crippen molar-refractivity contribution in [3.8, 4) is 6.07 Å². The first-order valence-corrected chi connectivity index (χ1v) is 8.82. The lowest BCUT2D eigenvalue weighted by molar-refractivity contribution is 0.0894. The van der Waals surface area contributed by atoms with Gasteiger partial charge < -0.3 is 0 Å². The van der Waals surface area contributed by atoms with Crippen molar-refractivity contribution in [2.45, 2.75) is 49.5 Å². The lowest BCUT2D eigenvalue weighted by atomic mass is 9.82. The van der Waals surface area contributed by atoms with E-state index in [0.29, 0.717) is 11.1 Å². The van der Waals surface area contributed by atoms with Crippen molar-refractivity contribution in [2.24, 2.45) is 5.92 Å². The summed E-state index contributed by atoms with van der Waals surface area (Å²) in [6, 6.07) is 7.54. The molecule has 4 heteroatoms. The number of nitrogens with zero attached hydrogens (tertiary/aromatic N) is 1. The molecule has 0 N–H and O–H groups in total. The zero-order chi connectivity index (χ0) is 15.0. The van der Waals surface area contributed by atoms with Gasteiger partial charge in [0, 0.05) is 32.8 Å². The Hall–Kier alpha value is -1.47. The lowest BCUT2D eigenvalue weighted by Gasteiger charge is -2.37. The van der Waals surface area contributed by atoms with Crippen molar-refractivity contribution < 1.29 is 9.00 Å².